The van der Waals surface area contributed by atoms with Gasteiger partial charge in [0.05, 0.1) is 54.9 Å². The monoisotopic (exact) mass is 1050 g/mol. The molecular formula is C54H91N3O17. The summed E-state index contributed by atoms with van der Waals surface area (Å²) in [6.07, 6.45) is 1.87. The highest BCUT2D eigenvalue weighted by atomic mass is 16.7. The lowest BCUT2D eigenvalue weighted by Crippen LogP contribution is -2.60. The van der Waals surface area contributed by atoms with Crippen molar-refractivity contribution >= 4 is 23.9 Å². The quantitative estimate of drug-likeness (QED) is 0.0334. The van der Waals surface area contributed by atoms with Crippen LogP contribution < -0.4 is 11.5 Å². The number of aliphatic imine (C=N–C) groups is 1. The number of hydrogen-bond acceptors (Lipinski definition) is 17. The highest BCUT2D eigenvalue weighted by Gasteiger charge is 2.50. The number of nitrogens with two attached hydrogens (primary N) is 2. The normalized spacial score (nSPS) is 37.9. The second-order valence-electron chi connectivity index (χ2n) is 20.9. The number of esters is 2. The average molecular weight is 1050 g/mol. The molecule has 1 fully saturated rings. The van der Waals surface area contributed by atoms with Crippen molar-refractivity contribution in [2.24, 2.45) is 46.0 Å². The molecule has 1 saturated heterocycles. The van der Waals surface area contributed by atoms with E-state index in [1.165, 1.54) is 12.2 Å². The minimum Gasteiger partial charge on any atom is -0.481 e. The molecule has 0 saturated carbocycles. The fourth-order valence-electron chi connectivity index (χ4n) is 9.23. The van der Waals surface area contributed by atoms with Crippen LogP contribution in [0.3, 0.4) is 0 Å². The number of fused-ring (bicyclic) bond motifs is 2. The minimum absolute atomic E-state index is 0.0617. The summed E-state index contributed by atoms with van der Waals surface area (Å²) in [5, 5.41) is 120. The number of cyclic esters (lactones) is 1. The van der Waals surface area contributed by atoms with Crippen LogP contribution in [-0.2, 0) is 28.6 Å². The number of allylic oxidation sites excluding steroid dienone is 6. The first-order valence-electron chi connectivity index (χ1n) is 26.3. The van der Waals surface area contributed by atoms with Crippen LogP contribution in [0.1, 0.15) is 138 Å². The fraction of sp³-hybridized carbons (Fsp3) is 0.741. The smallest absolute Gasteiger partial charge is 0.331 e. The number of carboxylic acid groups (broad SMARTS) is 1. The number of ether oxygens (including phenoxy) is 3. The number of aliphatic hydroxyl groups is 10. The molecule has 0 aromatic heterocycles. The summed E-state index contributed by atoms with van der Waals surface area (Å²) in [5.41, 5.74) is 11.3. The van der Waals surface area contributed by atoms with Crippen molar-refractivity contribution in [3.05, 3.63) is 60.3 Å². The van der Waals surface area contributed by atoms with Gasteiger partial charge in [0, 0.05) is 68.9 Å². The molecule has 20 nitrogen and oxygen atoms in total. The van der Waals surface area contributed by atoms with Gasteiger partial charge in [0.25, 0.3) is 0 Å². The van der Waals surface area contributed by atoms with Gasteiger partial charge in [-0.15, -0.1) is 0 Å². The first kappa shape index (κ1) is 66.1. The van der Waals surface area contributed by atoms with E-state index in [-0.39, 0.29) is 69.2 Å². The third-order valence-electron chi connectivity index (χ3n) is 14.2. The molecule has 0 unspecified atom stereocenters. The van der Waals surface area contributed by atoms with E-state index in [9.17, 15) is 70.6 Å². The Kier molecular flexibility index (Phi) is 30.2. The lowest BCUT2D eigenvalue weighted by molar-refractivity contribution is -0.333. The molecule has 2 aliphatic rings. The summed E-state index contributed by atoms with van der Waals surface area (Å²) in [4.78, 5) is 41.1. The summed E-state index contributed by atoms with van der Waals surface area (Å²) in [7, 11) is 0. The number of unbranched alkanes of at least 4 members (excludes halogenated alkanes) is 2. The second kappa shape index (κ2) is 33.9. The molecule has 0 aromatic rings. The molecule has 15 N–H and O–H groups in total. The van der Waals surface area contributed by atoms with Gasteiger partial charge >= 0.3 is 17.9 Å². The molecule has 0 aromatic carbocycles. The Morgan fingerprint density at radius 1 is 0.797 bits per heavy atom. The van der Waals surface area contributed by atoms with Crippen LogP contribution in [0.15, 0.2) is 65.2 Å². The van der Waals surface area contributed by atoms with Crippen molar-refractivity contribution in [1.29, 1.82) is 0 Å². The van der Waals surface area contributed by atoms with E-state index in [2.05, 4.69) is 17.1 Å². The maximum atomic E-state index is 13.2. The van der Waals surface area contributed by atoms with Gasteiger partial charge in [-0.2, -0.15) is 0 Å². The number of carboxylic acids is 1. The lowest BCUT2D eigenvalue weighted by atomic mass is 9.84. The Balaban J connectivity index is 2.41. The number of nitrogens with zero attached hydrogens (tertiary/aromatic N) is 1. The minimum atomic E-state index is -2.52. The Labute approximate surface area is 437 Å². The standard InChI is InChI=1S/C54H91N3O17/c1-32-16-12-13-20-49(68)73-51(35(4)17-11-9-7-8-10-14-23-57-53(55)56)36(5)19-15-18-33(2)43(61)26-39(59)24-38(58)25-40(72-50(69)30-48(66)67)27-41-28-46(64)52(70)54(71,74-41)31-47(65)34(3)21-22-42(60)37(6)45(63)29-44(32)62/h7-8,12-13,15-16,18-20,32,34-47,51-52,58-65,70-71H,9-11,14,17,21-31H2,1-6H3,(H,66,67)(H4,55,56,57)/b8-7+,16-12+,19-15+,20-13+,33-18+/t32-,34-,35-,36-,37+,38-,39+,40-,41+,42+,43+,44+,45-,46-,47+,51-,52+,54+/m1/s1. The van der Waals surface area contributed by atoms with E-state index in [0.29, 0.717) is 12.1 Å². The summed E-state index contributed by atoms with van der Waals surface area (Å²) >= 11 is 0. The summed E-state index contributed by atoms with van der Waals surface area (Å²) in [6.45, 7) is 11.1. The molecule has 20 heteroatoms. The van der Waals surface area contributed by atoms with E-state index < -0.39 is 128 Å². The van der Waals surface area contributed by atoms with Crippen LogP contribution in [0, 0.1) is 29.6 Å². The van der Waals surface area contributed by atoms with Gasteiger partial charge < -0.3 is 81.8 Å². The molecule has 2 bridgehead atoms. The number of guanidine groups is 1. The zero-order valence-corrected chi connectivity index (χ0v) is 44.3. The second-order valence-corrected chi connectivity index (χ2v) is 20.9. The van der Waals surface area contributed by atoms with Crippen LogP contribution in [0.25, 0.3) is 0 Å². The van der Waals surface area contributed by atoms with Crippen LogP contribution in [0.4, 0.5) is 0 Å². The Bertz CT molecular complexity index is 1860. The van der Waals surface area contributed by atoms with Crippen molar-refractivity contribution in [2.45, 2.75) is 217 Å². The Morgan fingerprint density at radius 2 is 1.45 bits per heavy atom. The molecule has 2 heterocycles. The topological polar surface area (TPSA) is 366 Å². The van der Waals surface area contributed by atoms with Gasteiger partial charge in [0.2, 0.25) is 0 Å². The number of rotatable bonds is 12. The molecule has 424 valence electrons. The first-order chi connectivity index (χ1) is 34.7. The van der Waals surface area contributed by atoms with E-state index in [1.54, 1.807) is 52.0 Å². The van der Waals surface area contributed by atoms with Gasteiger partial charge in [-0.05, 0) is 75.7 Å². The van der Waals surface area contributed by atoms with Crippen LogP contribution in [-0.4, -0.2) is 166 Å². The molecule has 18 atom stereocenters. The van der Waals surface area contributed by atoms with Gasteiger partial charge in [0.15, 0.2) is 11.7 Å². The van der Waals surface area contributed by atoms with Crippen molar-refractivity contribution < 1.29 is 84.8 Å². The lowest BCUT2D eigenvalue weighted by Gasteiger charge is -2.45. The predicted molar refractivity (Wildman–Crippen MR) is 277 cm³/mol. The van der Waals surface area contributed by atoms with Crippen molar-refractivity contribution in [3.8, 4) is 0 Å². The van der Waals surface area contributed by atoms with Gasteiger partial charge in [-0.1, -0.05) is 83.2 Å². The van der Waals surface area contributed by atoms with Crippen molar-refractivity contribution in [1.82, 2.24) is 0 Å². The zero-order valence-electron chi connectivity index (χ0n) is 44.3. The maximum Gasteiger partial charge on any atom is 0.331 e. The molecule has 0 radical (unpaired) electrons. The largest absolute Gasteiger partial charge is 0.481 e. The Morgan fingerprint density at radius 3 is 2.11 bits per heavy atom. The molecule has 2 aliphatic heterocycles. The highest BCUT2D eigenvalue weighted by Crippen LogP contribution is 2.36. The van der Waals surface area contributed by atoms with E-state index in [4.69, 9.17) is 25.7 Å². The molecule has 0 amide bonds. The number of carbonyl (C=O) groups excluding carboxylic acids is 2. The Hall–Kier alpha value is -4.06. The first-order valence-corrected chi connectivity index (χ1v) is 26.3. The maximum absolute atomic E-state index is 13.2. The van der Waals surface area contributed by atoms with E-state index >= 15 is 0 Å². The summed E-state index contributed by atoms with van der Waals surface area (Å²) in [5.74, 6) is -7.80. The number of hydrogen-bond donors (Lipinski definition) is 13. The molecule has 0 aliphatic carbocycles. The third kappa shape index (κ3) is 25.2. The number of aliphatic carboxylic acids is 1. The molecule has 2 rings (SSSR count). The number of aliphatic hydroxyl groups excluding tert-OH is 9. The molecular weight excluding hydrogens is 963 g/mol. The van der Waals surface area contributed by atoms with Crippen molar-refractivity contribution in [2.75, 3.05) is 6.54 Å². The zero-order chi connectivity index (χ0) is 55.7. The highest BCUT2D eigenvalue weighted by molar-refractivity contribution is 5.90. The summed E-state index contributed by atoms with van der Waals surface area (Å²) in [6, 6.07) is 0. The number of carbonyl (C=O) groups is 3. The van der Waals surface area contributed by atoms with E-state index in [0.717, 1.165) is 32.1 Å². The predicted octanol–water partition coefficient (Wildman–Crippen LogP) is 2.72. The summed E-state index contributed by atoms with van der Waals surface area (Å²) < 4.78 is 17.3. The fourth-order valence-corrected chi connectivity index (χ4v) is 9.23. The van der Waals surface area contributed by atoms with E-state index in [1.807, 2.05) is 19.9 Å². The van der Waals surface area contributed by atoms with Gasteiger partial charge in [-0.3, -0.25) is 14.6 Å². The van der Waals surface area contributed by atoms with Crippen LogP contribution >= 0.6 is 0 Å². The average Bonchev–Trinajstić information content (AvgIpc) is 3.30. The molecule has 0 spiro atoms. The van der Waals surface area contributed by atoms with Gasteiger partial charge in [-0.25, -0.2) is 4.79 Å². The third-order valence-corrected chi connectivity index (χ3v) is 14.2. The van der Waals surface area contributed by atoms with Gasteiger partial charge in [0.1, 0.15) is 24.7 Å². The van der Waals surface area contributed by atoms with Crippen LogP contribution in [0.5, 0.6) is 0 Å². The molecule has 74 heavy (non-hydrogen) atoms. The van der Waals surface area contributed by atoms with Crippen molar-refractivity contribution in [3.63, 3.8) is 0 Å². The van der Waals surface area contributed by atoms with Crippen LogP contribution in [0.2, 0.25) is 0 Å². The SMILES string of the molecule is C/C1=C\C=C\[C@@H](C)[C@@H]([C@H](C)CCC/C=C/CCCN=C(N)N)OC(=O)/C=C/C=C/[C@@H](C)[C@@H](O)C[C@@H](O)[C@@H](C)[C@@H](O)CC[C@@H](C)[C@@H](O)C[C@]2(O)O[C@@H](C[C@H](OC(=O)CC(=O)O)C[C@H](O)C[C@H](O)C[C@@H]1O)C[C@@H](O)[C@@H]2O.